The highest BCUT2D eigenvalue weighted by atomic mass is 16.4. The Hall–Kier alpha value is -1.36. The summed E-state index contributed by atoms with van der Waals surface area (Å²) in [5.41, 5.74) is -0.720. The van der Waals surface area contributed by atoms with Crippen LogP contribution in [0.1, 0.15) is 51.4 Å². The third-order valence-electron chi connectivity index (χ3n) is 5.02. The SMILES string of the molecule is C=CC[C@@]1(C(=O)O)CCCN(CCC(=O)NC2CCCC2)C1. The molecule has 2 fully saturated rings. The molecule has 22 heavy (non-hydrogen) atoms. The van der Waals surface area contributed by atoms with Crippen LogP contribution in [0.3, 0.4) is 0 Å². The van der Waals surface area contributed by atoms with Crippen LogP contribution in [0.4, 0.5) is 0 Å². The van der Waals surface area contributed by atoms with Crippen molar-refractivity contribution in [2.45, 2.75) is 57.4 Å². The summed E-state index contributed by atoms with van der Waals surface area (Å²) in [4.78, 5) is 25.7. The van der Waals surface area contributed by atoms with Gasteiger partial charge in [0.15, 0.2) is 0 Å². The van der Waals surface area contributed by atoms with Crippen LogP contribution in [-0.2, 0) is 9.59 Å². The van der Waals surface area contributed by atoms with Crippen LogP contribution in [0.5, 0.6) is 0 Å². The van der Waals surface area contributed by atoms with Gasteiger partial charge in [-0.25, -0.2) is 0 Å². The molecule has 0 unspecified atom stereocenters. The summed E-state index contributed by atoms with van der Waals surface area (Å²) < 4.78 is 0. The number of nitrogens with one attached hydrogen (secondary N) is 1. The van der Waals surface area contributed by atoms with Crippen LogP contribution >= 0.6 is 0 Å². The van der Waals surface area contributed by atoms with Gasteiger partial charge < -0.3 is 15.3 Å². The van der Waals surface area contributed by atoms with E-state index in [1.54, 1.807) is 6.08 Å². The van der Waals surface area contributed by atoms with Crippen molar-refractivity contribution in [3.63, 3.8) is 0 Å². The second-order valence-corrected chi connectivity index (χ2v) is 6.76. The molecule has 0 bridgehead atoms. The molecular weight excluding hydrogens is 280 g/mol. The fourth-order valence-electron chi connectivity index (χ4n) is 3.75. The van der Waals surface area contributed by atoms with Gasteiger partial charge in [0.05, 0.1) is 5.41 Å². The second kappa shape index (κ2) is 7.77. The number of carbonyl (C=O) groups is 2. The number of allylic oxidation sites excluding steroid dienone is 1. The third-order valence-corrected chi connectivity index (χ3v) is 5.02. The first-order chi connectivity index (χ1) is 10.6. The van der Waals surface area contributed by atoms with E-state index in [9.17, 15) is 14.7 Å². The molecule has 5 heteroatoms. The minimum atomic E-state index is -0.743. The zero-order valence-corrected chi connectivity index (χ0v) is 13.4. The molecule has 0 aromatic carbocycles. The Morgan fingerprint density at radius 1 is 1.32 bits per heavy atom. The third kappa shape index (κ3) is 4.32. The average molecular weight is 308 g/mol. The lowest BCUT2D eigenvalue weighted by Gasteiger charge is -2.39. The number of hydrogen-bond donors (Lipinski definition) is 2. The molecular formula is C17H28N2O3. The number of amides is 1. The fraction of sp³-hybridized carbons (Fsp3) is 0.765. The van der Waals surface area contributed by atoms with Crippen molar-refractivity contribution in [1.29, 1.82) is 0 Å². The lowest BCUT2D eigenvalue weighted by molar-refractivity contribution is -0.152. The minimum absolute atomic E-state index is 0.0992. The molecule has 2 N–H and O–H groups in total. The molecule has 0 aromatic heterocycles. The molecule has 0 aromatic rings. The summed E-state index contributed by atoms with van der Waals surface area (Å²) in [7, 11) is 0. The zero-order chi connectivity index (χ0) is 16.0. The highest BCUT2D eigenvalue weighted by Gasteiger charge is 2.41. The van der Waals surface area contributed by atoms with E-state index in [0.29, 0.717) is 38.4 Å². The van der Waals surface area contributed by atoms with Gasteiger partial charge in [0, 0.05) is 25.6 Å². The van der Waals surface area contributed by atoms with Crippen LogP contribution < -0.4 is 5.32 Å². The lowest BCUT2D eigenvalue weighted by Crippen LogP contribution is -2.48. The molecule has 1 saturated carbocycles. The van der Waals surface area contributed by atoms with Crippen molar-refractivity contribution < 1.29 is 14.7 Å². The maximum Gasteiger partial charge on any atom is 0.311 e. The molecule has 1 atom stereocenters. The van der Waals surface area contributed by atoms with Gasteiger partial charge in [-0.2, -0.15) is 0 Å². The molecule has 2 aliphatic rings. The van der Waals surface area contributed by atoms with E-state index in [2.05, 4.69) is 16.8 Å². The standard InChI is InChI=1S/C17H28N2O3/c1-2-9-17(16(21)22)10-5-11-19(13-17)12-8-15(20)18-14-6-3-4-7-14/h2,14H,1,3-13H2,(H,18,20)(H,21,22)/t17-/m1/s1. The monoisotopic (exact) mass is 308 g/mol. The normalized spacial score (nSPS) is 26.7. The average Bonchev–Trinajstić information content (AvgIpc) is 2.98. The van der Waals surface area contributed by atoms with Gasteiger partial charge in [-0.05, 0) is 38.6 Å². The Morgan fingerprint density at radius 3 is 2.68 bits per heavy atom. The Balaban J connectivity index is 1.80. The van der Waals surface area contributed by atoms with Crippen LogP contribution in [0.25, 0.3) is 0 Å². The van der Waals surface area contributed by atoms with Gasteiger partial charge in [-0.3, -0.25) is 9.59 Å². The summed E-state index contributed by atoms with van der Waals surface area (Å²) in [6, 6.07) is 0.354. The topological polar surface area (TPSA) is 69.6 Å². The largest absolute Gasteiger partial charge is 0.481 e. The summed E-state index contributed by atoms with van der Waals surface area (Å²) in [6.45, 7) is 5.73. The lowest BCUT2D eigenvalue weighted by atomic mass is 9.77. The molecule has 1 heterocycles. The van der Waals surface area contributed by atoms with E-state index >= 15 is 0 Å². The number of piperidine rings is 1. The number of nitrogens with zero attached hydrogens (tertiary/aromatic N) is 1. The first-order valence-corrected chi connectivity index (χ1v) is 8.42. The van der Waals surface area contributed by atoms with Gasteiger partial charge in [0.2, 0.25) is 5.91 Å². The highest BCUT2D eigenvalue weighted by Crippen LogP contribution is 2.34. The van der Waals surface area contributed by atoms with E-state index in [1.807, 2.05) is 0 Å². The van der Waals surface area contributed by atoms with Crippen LogP contribution in [0.2, 0.25) is 0 Å². The van der Waals surface area contributed by atoms with Crippen molar-refractivity contribution >= 4 is 11.9 Å². The summed E-state index contributed by atoms with van der Waals surface area (Å²) in [6.07, 6.45) is 8.81. The van der Waals surface area contributed by atoms with Crippen molar-refractivity contribution in [3.05, 3.63) is 12.7 Å². The molecule has 5 nitrogen and oxygen atoms in total. The summed E-state index contributed by atoms with van der Waals surface area (Å²) in [5.74, 6) is -0.644. The van der Waals surface area contributed by atoms with E-state index in [1.165, 1.54) is 12.8 Å². The van der Waals surface area contributed by atoms with Crippen molar-refractivity contribution in [2.24, 2.45) is 5.41 Å². The van der Waals surface area contributed by atoms with Crippen LogP contribution in [-0.4, -0.2) is 47.6 Å². The van der Waals surface area contributed by atoms with E-state index in [-0.39, 0.29) is 5.91 Å². The predicted molar refractivity (Wildman–Crippen MR) is 85.6 cm³/mol. The van der Waals surface area contributed by atoms with Crippen LogP contribution in [0, 0.1) is 5.41 Å². The summed E-state index contributed by atoms with van der Waals surface area (Å²) >= 11 is 0. The summed E-state index contributed by atoms with van der Waals surface area (Å²) in [5, 5.41) is 12.6. The van der Waals surface area contributed by atoms with E-state index < -0.39 is 11.4 Å². The molecule has 1 saturated heterocycles. The Bertz CT molecular complexity index is 418. The molecule has 1 aliphatic carbocycles. The first-order valence-electron chi connectivity index (χ1n) is 8.42. The predicted octanol–water partition coefficient (Wildman–Crippen LogP) is 2.18. The van der Waals surface area contributed by atoms with Crippen LogP contribution in [0.15, 0.2) is 12.7 Å². The van der Waals surface area contributed by atoms with Gasteiger partial charge >= 0.3 is 5.97 Å². The molecule has 1 aliphatic heterocycles. The number of carbonyl (C=O) groups excluding carboxylic acids is 1. The van der Waals surface area contributed by atoms with Crippen molar-refractivity contribution in [2.75, 3.05) is 19.6 Å². The number of carboxylic acid groups (broad SMARTS) is 1. The van der Waals surface area contributed by atoms with Crippen molar-refractivity contribution in [1.82, 2.24) is 10.2 Å². The maximum atomic E-state index is 12.0. The van der Waals surface area contributed by atoms with E-state index in [4.69, 9.17) is 0 Å². The molecule has 124 valence electrons. The smallest absolute Gasteiger partial charge is 0.311 e. The number of hydrogen-bond acceptors (Lipinski definition) is 3. The molecule has 0 spiro atoms. The Kier molecular flexibility index (Phi) is 6.00. The van der Waals surface area contributed by atoms with Gasteiger partial charge in [0.1, 0.15) is 0 Å². The maximum absolute atomic E-state index is 12.0. The second-order valence-electron chi connectivity index (χ2n) is 6.76. The first kappa shape index (κ1) is 17.0. The van der Waals surface area contributed by atoms with E-state index in [0.717, 1.165) is 25.8 Å². The highest BCUT2D eigenvalue weighted by molar-refractivity contribution is 5.77. The quantitative estimate of drug-likeness (QED) is 0.707. The fourth-order valence-corrected chi connectivity index (χ4v) is 3.75. The van der Waals surface area contributed by atoms with Gasteiger partial charge in [-0.1, -0.05) is 18.9 Å². The number of aliphatic carboxylic acids is 1. The number of rotatable bonds is 7. The minimum Gasteiger partial charge on any atom is -0.481 e. The zero-order valence-electron chi connectivity index (χ0n) is 13.4. The molecule has 0 radical (unpaired) electrons. The molecule has 1 amide bonds. The number of likely N-dealkylation sites (tertiary alicyclic amines) is 1. The Labute approximate surface area is 132 Å². The van der Waals surface area contributed by atoms with Gasteiger partial charge in [-0.15, -0.1) is 6.58 Å². The van der Waals surface area contributed by atoms with Crippen molar-refractivity contribution in [3.8, 4) is 0 Å². The van der Waals surface area contributed by atoms with Gasteiger partial charge in [0.25, 0.3) is 0 Å². The Morgan fingerprint density at radius 2 is 2.05 bits per heavy atom. The molecule has 2 rings (SSSR count). The number of carboxylic acids is 1.